The molecule has 146 valence electrons. The molecular weight excluding hydrogens is 356 g/mol. The van der Waals surface area contributed by atoms with Crippen LogP contribution in [0.5, 0.6) is 0 Å². The van der Waals surface area contributed by atoms with Gasteiger partial charge >= 0.3 is 5.97 Å². The first-order valence-corrected chi connectivity index (χ1v) is 9.65. The molecule has 4 rings (SSSR count). The SMILES string of the molecule is CCN(CC(=O)O)C1CC(NC(=O)c2oc3c(ccc4ccccc43)c2C)C1. The molecule has 0 bridgehead atoms. The number of nitrogens with one attached hydrogen (secondary N) is 1. The van der Waals surface area contributed by atoms with Crippen molar-refractivity contribution in [3.63, 3.8) is 0 Å². The number of carbonyl (C=O) groups is 2. The van der Waals surface area contributed by atoms with Crippen molar-refractivity contribution in [3.05, 3.63) is 47.7 Å². The van der Waals surface area contributed by atoms with E-state index >= 15 is 0 Å². The maximum atomic E-state index is 12.8. The second-order valence-corrected chi connectivity index (χ2v) is 7.47. The van der Waals surface area contributed by atoms with Gasteiger partial charge in [-0.1, -0.05) is 43.3 Å². The quantitative estimate of drug-likeness (QED) is 0.683. The van der Waals surface area contributed by atoms with E-state index in [-0.39, 0.29) is 24.5 Å². The Kier molecular flexibility index (Phi) is 4.81. The number of fused-ring (bicyclic) bond motifs is 3. The molecule has 1 saturated carbocycles. The summed E-state index contributed by atoms with van der Waals surface area (Å²) in [7, 11) is 0. The predicted molar refractivity (Wildman–Crippen MR) is 108 cm³/mol. The monoisotopic (exact) mass is 380 g/mol. The van der Waals surface area contributed by atoms with E-state index in [0.717, 1.165) is 40.1 Å². The molecule has 1 fully saturated rings. The Morgan fingerprint density at radius 2 is 1.93 bits per heavy atom. The summed E-state index contributed by atoms with van der Waals surface area (Å²) < 4.78 is 5.99. The normalized spacial score (nSPS) is 19.1. The molecule has 2 aromatic carbocycles. The van der Waals surface area contributed by atoms with Gasteiger partial charge in [0.1, 0.15) is 5.58 Å². The fourth-order valence-electron chi connectivity index (χ4n) is 4.09. The molecule has 1 heterocycles. The maximum Gasteiger partial charge on any atom is 0.317 e. The Bertz CT molecular complexity index is 1050. The lowest BCUT2D eigenvalue weighted by Gasteiger charge is -2.42. The molecule has 3 aromatic rings. The fourth-order valence-corrected chi connectivity index (χ4v) is 4.09. The number of benzene rings is 2. The van der Waals surface area contributed by atoms with E-state index < -0.39 is 5.97 Å². The Labute approximate surface area is 163 Å². The van der Waals surface area contributed by atoms with Crippen LogP contribution in [-0.4, -0.2) is 47.1 Å². The largest absolute Gasteiger partial charge is 0.480 e. The summed E-state index contributed by atoms with van der Waals surface area (Å²) >= 11 is 0. The highest BCUT2D eigenvalue weighted by Gasteiger charge is 2.35. The van der Waals surface area contributed by atoms with Crippen molar-refractivity contribution in [2.24, 2.45) is 0 Å². The molecule has 1 aromatic heterocycles. The molecule has 2 N–H and O–H groups in total. The van der Waals surface area contributed by atoms with Crippen molar-refractivity contribution in [3.8, 4) is 0 Å². The van der Waals surface area contributed by atoms with Crippen molar-refractivity contribution in [1.82, 2.24) is 10.2 Å². The van der Waals surface area contributed by atoms with Gasteiger partial charge in [0.05, 0.1) is 6.54 Å². The van der Waals surface area contributed by atoms with E-state index in [9.17, 15) is 9.59 Å². The second-order valence-electron chi connectivity index (χ2n) is 7.47. The number of carboxylic acids is 1. The lowest BCUT2D eigenvalue weighted by Crippen LogP contribution is -2.54. The number of likely N-dealkylation sites (N-methyl/N-ethyl adjacent to an activating group) is 1. The van der Waals surface area contributed by atoms with Crippen LogP contribution in [0.25, 0.3) is 21.7 Å². The van der Waals surface area contributed by atoms with Gasteiger partial charge in [-0.05, 0) is 31.7 Å². The smallest absolute Gasteiger partial charge is 0.317 e. The van der Waals surface area contributed by atoms with Gasteiger partial charge in [0, 0.05) is 28.4 Å². The summed E-state index contributed by atoms with van der Waals surface area (Å²) in [6, 6.07) is 12.3. The minimum absolute atomic E-state index is 0.0393. The molecule has 0 saturated heterocycles. The standard InChI is InChI=1S/C22H24N2O4/c1-3-24(12-19(25)26)16-10-15(11-16)23-22(27)20-13(2)17-9-8-14-6-4-5-7-18(14)21(17)28-20/h4-9,15-16H,3,10-12H2,1-2H3,(H,23,27)(H,25,26). The van der Waals surface area contributed by atoms with Crippen LogP contribution in [0.4, 0.5) is 0 Å². The average molecular weight is 380 g/mol. The predicted octanol–water partition coefficient (Wildman–Crippen LogP) is 3.56. The van der Waals surface area contributed by atoms with Crippen molar-refractivity contribution < 1.29 is 19.1 Å². The minimum Gasteiger partial charge on any atom is -0.480 e. The number of carbonyl (C=O) groups excluding carboxylic acids is 1. The molecule has 6 heteroatoms. The highest BCUT2D eigenvalue weighted by atomic mass is 16.4. The van der Waals surface area contributed by atoms with Gasteiger partial charge in [-0.2, -0.15) is 0 Å². The van der Waals surface area contributed by atoms with Gasteiger partial charge in [0.15, 0.2) is 5.76 Å². The van der Waals surface area contributed by atoms with Gasteiger partial charge in [0.25, 0.3) is 5.91 Å². The lowest BCUT2D eigenvalue weighted by molar-refractivity contribution is -0.139. The van der Waals surface area contributed by atoms with Crippen LogP contribution in [-0.2, 0) is 4.79 Å². The number of rotatable bonds is 6. The van der Waals surface area contributed by atoms with E-state index in [4.69, 9.17) is 9.52 Å². The van der Waals surface area contributed by atoms with E-state index in [1.54, 1.807) is 0 Å². The van der Waals surface area contributed by atoms with Gasteiger partial charge in [-0.25, -0.2) is 0 Å². The Morgan fingerprint density at radius 3 is 2.64 bits per heavy atom. The van der Waals surface area contributed by atoms with Gasteiger partial charge in [-0.15, -0.1) is 0 Å². The highest BCUT2D eigenvalue weighted by Crippen LogP contribution is 2.32. The summed E-state index contributed by atoms with van der Waals surface area (Å²) in [4.78, 5) is 25.7. The number of nitrogens with zero attached hydrogens (tertiary/aromatic N) is 1. The van der Waals surface area contributed by atoms with Crippen LogP contribution < -0.4 is 5.32 Å². The number of hydrogen-bond acceptors (Lipinski definition) is 4. The molecule has 0 aliphatic heterocycles. The third kappa shape index (κ3) is 3.24. The number of amides is 1. The zero-order chi connectivity index (χ0) is 19.8. The number of hydrogen-bond donors (Lipinski definition) is 2. The highest BCUT2D eigenvalue weighted by molar-refractivity contribution is 6.08. The molecule has 0 unspecified atom stereocenters. The Morgan fingerprint density at radius 1 is 1.18 bits per heavy atom. The molecule has 1 aliphatic rings. The molecule has 0 atom stereocenters. The van der Waals surface area contributed by atoms with Crippen molar-refractivity contribution in [2.45, 2.75) is 38.8 Å². The number of aryl methyl sites for hydroxylation is 1. The summed E-state index contributed by atoms with van der Waals surface area (Å²) in [5.74, 6) is -0.672. The molecular formula is C22H24N2O4. The fraction of sp³-hybridized carbons (Fsp3) is 0.364. The van der Waals surface area contributed by atoms with Crippen molar-refractivity contribution in [2.75, 3.05) is 13.1 Å². The third-order valence-corrected chi connectivity index (χ3v) is 5.74. The second kappa shape index (κ2) is 7.28. The topological polar surface area (TPSA) is 82.8 Å². The molecule has 1 amide bonds. The van der Waals surface area contributed by atoms with Crippen LogP contribution >= 0.6 is 0 Å². The van der Waals surface area contributed by atoms with Crippen LogP contribution in [0, 0.1) is 6.92 Å². The summed E-state index contributed by atoms with van der Waals surface area (Å²) in [5, 5.41) is 15.1. The zero-order valence-corrected chi connectivity index (χ0v) is 16.1. The van der Waals surface area contributed by atoms with E-state index in [2.05, 4.69) is 5.32 Å². The minimum atomic E-state index is -0.820. The number of carboxylic acid groups (broad SMARTS) is 1. The summed E-state index contributed by atoms with van der Waals surface area (Å²) in [5.41, 5.74) is 1.58. The van der Waals surface area contributed by atoms with Crippen LogP contribution in [0.1, 0.15) is 35.9 Å². The first kappa shape index (κ1) is 18.5. The maximum absolute atomic E-state index is 12.8. The molecule has 1 aliphatic carbocycles. The first-order chi connectivity index (χ1) is 13.5. The third-order valence-electron chi connectivity index (χ3n) is 5.74. The summed E-state index contributed by atoms with van der Waals surface area (Å²) in [6.07, 6.45) is 1.52. The molecule has 6 nitrogen and oxygen atoms in total. The molecule has 0 radical (unpaired) electrons. The summed E-state index contributed by atoms with van der Waals surface area (Å²) in [6.45, 7) is 4.59. The van der Waals surface area contributed by atoms with E-state index in [1.807, 2.05) is 55.1 Å². The zero-order valence-electron chi connectivity index (χ0n) is 16.1. The Balaban J connectivity index is 1.49. The average Bonchev–Trinajstić information content (AvgIpc) is 2.99. The Hall–Kier alpha value is -2.86. The van der Waals surface area contributed by atoms with Crippen LogP contribution in [0.2, 0.25) is 0 Å². The van der Waals surface area contributed by atoms with E-state index in [0.29, 0.717) is 12.3 Å². The number of aliphatic carboxylic acids is 1. The first-order valence-electron chi connectivity index (χ1n) is 9.65. The van der Waals surface area contributed by atoms with E-state index in [1.165, 1.54) is 0 Å². The van der Waals surface area contributed by atoms with Gasteiger partial charge in [-0.3, -0.25) is 14.5 Å². The van der Waals surface area contributed by atoms with Crippen molar-refractivity contribution in [1.29, 1.82) is 0 Å². The van der Waals surface area contributed by atoms with Gasteiger partial charge < -0.3 is 14.8 Å². The van der Waals surface area contributed by atoms with Crippen molar-refractivity contribution >= 4 is 33.6 Å². The van der Waals surface area contributed by atoms with Gasteiger partial charge in [0.2, 0.25) is 0 Å². The molecule has 0 spiro atoms. The van der Waals surface area contributed by atoms with Crippen LogP contribution in [0.3, 0.4) is 0 Å². The molecule has 28 heavy (non-hydrogen) atoms. The van der Waals surface area contributed by atoms with Crippen LogP contribution in [0.15, 0.2) is 40.8 Å². The lowest BCUT2D eigenvalue weighted by atomic mass is 9.85. The number of furan rings is 1.